The molecule has 1 amide bonds. The second kappa shape index (κ2) is 6.65. The van der Waals surface area contributed by atoms with Gasteiger partial charge < -0.3 is 11.1 Å². The number of amides is 1. The van der Waals surface area contributed by atoms with Crippen molar-refractivity contribution < 1.29 is 4.79 Å². The lowest BCUT2D eigenvalue weighted by molar-refractivity contribution is -0.118. The van der Waals surface area contributed by atoms with Crippen LogP contribution in [0.2, 0.25) is 0 Å². The maximum Gasteiger partial charge on any atom is 0.228 e. The topological polar surface area (TPSA) is 71.2 Å². The molecule has 1 aromatic heterocycles. The Morgan fingerprint density at radius 3 is 3.05 bits per heavy atom. The number of hydrogen-bond acceptors (Lipinski definition) is 5. The van der Waals surface area contributed by atoms with Crippen LogP contribution in [-0.4, -0.2) is 34.9 Å². The Bertz CT molecular complexity index is 460. The summed E-state index contributed by atoms with van der Waals surface area (Å²) in [5.74, 6) is 0.534. The third-order valence-electron chi connectivity index (χ3n) is 3.74. The third-order valence-corrected chi connectivity index (χ3v) is 4.64. The Morgan fingerprint density at radius 2 is 2.40 bits per heavy atom. The standard InChI is InChI=1S/C14H24N4OS/c1-9(2)13(19)17-14-16-6-11(20-14)8-18-5-4-12(15)10(3)7-18/h6,9-10,12H,4-5,7-8,15H2,1-3H3,(H,16,17,19). The van der Waals surface area contributed by atoms with Gasteiger partial charge in [-0.2, -0.15) is 0 Å². The van der Waals surface area contributed by atoms with Crippen molar-refractivity contribution in [1.29, 1.82) is 0 Å². The number of nitrogens with zero attached hydrogens (tertiary/aromatic N) is 2. The molecule has 5 nitrogen and oxygen atoms in total. The van der Waals surface area contributed by atoms with Crippen LogP contribution in [0.15, 0.2) is 6.20 Å². The van der Waals surface area contributed by atoms with Gasteiger partial charge in [0.15, 0.2) is 5.13 Å². The van der Waals surface area contributed by atoms with Gasteiger partial charge in [0.25, 0.3) is 0 Å². The molecule has 1 saturated heterocycles. The molecule has 0 radical (unpaired) electrons. The summed E-state index contributed by atoms with van der Waals surface area (Å²) in [6, 6.07) is 0.327. The first-order chi connectivity index (χ1) is 9.45. The van der Waals surface area contributed by atoms with Gasteiger partial charge in [0.05, 0.1) is 0 Å². The fraction of sp³-hybridized carbons (Fsp3) is 0.714. The van der Waals surface area contributed by atoms with Gasteiger partial charge in [0, 0.05) is 42.7 Å². The van der Waals surface area contributed by atoms with Crippen LogP contribution in [0.4, 0.5) is 5.13 Å². The number of aromatic nitrogens is 1. The lowest BCUT2D eigenvalue weighted by Gasteiger charge is -2.34. The Labute approximate surface area is 124 Å². The van der Waals surface area contributed by atoms with Gasteiger partial charge in [-0.15, -0.1) is 11.3 Å². The summed E-state index contributed by atoms with van der Waals surface area (Å²) in [5, 5.41) is 3.54. The molecule has 3 N–H and O–H groups in total. The number of likely N-dealkylation sites (tertiary alicyclic amines) is 1. The van der Waals surface area contributed by atoms with Gasteiger partial charge in [0.2, 0.25) is 5.91 Å². The van der Waals surface area contributed by atoms with Crippen molar-refractivity contribution in [2.75, 3.05) is 18.4 Å². The number of piperidine rings is 1. The molecule has 112 valence electrons. The fourth-order valence-corrected chi connectivity index (χ4v) is 3.16. The van der Waals surface area contributed by atoms with E-state index in [9.17, 15) is 4.79 Å². The molecule has 1 aliphatic rings. The lowest BCUT2D eigenvalue weighted by atomic mass is 9.95. The average molecular weight is 296 g/mol. The highest BCUT2D eigenvalue weighted by atomic mass is 32.1. The first kappa shape index (κ1) is 15.4. The van der Waals surface area contributed by atoms with Crippen LogP contribution in [0.3, 0.4) is 0 Å². The number of carbonyl (C=O) groups is 1. The molecule has 6 heteroatoms. The SMILES string of the molecule is CC(C)C(=O)Nc1ncc(CN2CCC(N)C(C)C2)s1. The van der Waals surface area contributed by atoms with E-state index in [0.29, 0.717) is 17.1 Å². The van der Waals surface area contributed by atoms with Crippen LogP contribution in [0.5, 0.6) is 0 Å². The molecule has 20 heavy (non-hydrogen) atoms. The molecule has 0 spiro atoms. The summed E-state index contributed by atoms with van der Waals surface area (Å²) in [5.41, 5.74) is 6.04. The Kier molecular flexibility index (Phi) is 5.12. The number of anilines is 1. The zero-order chi connectivity index (χ0) is 14.7. The van der Waals surface area contributed by atoms with Gasteiger partial charge in [-0.05, 0) is 12.3 Å². The highest BCUT2D eigenvalue weighted by molar-refractivity contribution is 7.15. The van der Waals surface area contributed by atoms with E-state index in [0.717, 1.165) is 26.1 Å². The smallest absolute Gasteiger partial charge is 0.228 e. The van der Waals surface area contributed by atoms with Crippen molar-refractivity contribution in [3.8, 4) is 0 Å². The highest BCUT2D eigenvalue weighted by Gasteiger charge is 2.23. The van der Waals surface area contributed by atoms with E-state index in [-0.39, 0.29) is 11.8 Å². The molecule has 2 heterocycles. The van der Waals surface area contributed by atoms with Crippen LogP contribution in [0.25, 0.3) is 0 Å². The van der Waals surface area contributed by atoms with E-state index < -0.39 is 0 Å². The molecule has 1 aromatic rings. The summed E-state index contributed by atoms with van der Waals surface area (Å²) in [6.45, 7) is 8.93. The van der Waals surface area contributed by atoms with Gasteiger partial charge in [-0.3, -0.25) is 9.69 Å². The summed E-state index contributed by atoms with van der Waals surface area (Å²) < 4.78 is 0. The van der Waals surface area contributed by atoms with Gasteiger partial charge >= 0.3 is 0 Å². The Hall–Kier alpha value is -0.980. The van der Waals surface area contributed by atoms with Crippen molar-refractivity contribution in [2.45, 2.75) is 39.8 Å². The molecule has 0 saturated carbocycles. The maximum atomic E-state index is 11.6. The first-order valence-corrected chi connectivity index (χ1v) is 8.01. The van der Waals surface area contributed by atoms with E-state index in [1.54, 1.807) is 11.3 Å². The zero-order valence-corrected chi connectivity index (χ0v) is 13.2. The molecule has 2 rings (SSSR count). The quantitative estimate of drug-likeness (QED) is 0.890. The molecular formula is C14H24N4OS. The molecule has 2 atom stereocenters. The molecule has 1 aliphatic heterocycles. The predicted octanol–water partition coefficient (Wildman–Crippen LogP) is 1.91. The summed E-state index contributed by atoms with van der Waals surface area (Å²) >= 11 is 1.56. The largest absolute Gasteiger partial charge is 0.327 e. The van der Waals surface area contributed by atoms with Gasteiger partial charge in [-0.25, -0.2) is 4.98 Å². The van der Waals surface area contributed by atoms with Gasteiger partial charge in [-0.1, -0.05) is 20.8 Å². The minimum absolute atomic E-state index is 0.0171. The third kappa shape index (κ3) is 4.01. The van der Waals surface area contributed by atoms with Crippen molar-refractivity contribution >= 4 is 22.4 Å². The first-order valence-electron chi connectivity index (χ1n) is 7.19. The minimum atomic E-state index is -0.0215. The molecule has 2 unspecified atom stereocenters. The average Bonchev–Trinajstić information content (AvgIpc) is 2.81. The molecule has 1 fully saturated rings. The fourth-order valence-electron chi connectivity index (χ4n) is 2.30. The Morgan fingerprint density at radius 1 is 1.65 bits per heavy atom. The number of nitrogens with two attached hydrogens (primary N) is 1. The second-order valence-electron chi connectivity index (χ2n) is 5.94. The van der Waals surface area contributed by atoms with Crippen LogP contribution in [-0.2, 0) is 11.3 Å². The van der Waals surface area contributed by atoms with E-state index in [1.807, 2.05) is 20.0 Å². The molecule has 0 aromatic carbocycles. The van der Waals surface area contributed by atoms with Gasteiger partial charge in [0.1, 0.15) is 0 Å². The van der Waals surface area contributed by atoms with Crippen LogP contribution in [0.1, 0.15) is 32.1 Å². The maximum absolute atomic E-state index is 11.6. The Balaban J connectivity index is 1.88. The number of thiazole rings is 1. The zero-order valence-electron chi connectivity index (χ0n) is 12.4. The minimum Gasteiger partial charge on any atom is -0.327 e. The van der Waals surface area contributed by atoms with E-state index in [2.05, 4.69) is 22.1 Å². The normalized spacial score (nSPS) is 24.1. The van der Waals surface area contributed by atoms with E-state index in [4.69, 9.17) is 5.73 Å². The van der Waals surface area contributed by atoms with Crippen molar-refractivity contribution in [3.05, 3.63) is 11.1 Å². The molecule has 0 bridgehead atoms. The lowest BCUT2D eigenvalue weighted by Crippen LogP contribution is -2.45. The monoisotopic (exact) mass is 296 g/mol. The number of hydrogen-bond donors (Lipinski definition) is 2. The predicted molar refractivity (Wildman–Crippen MR) is 82.6 cm³/mol. The number of nitrogens with one attached hydrogen (secondary N) is 1. The highest BCUT2D eigenvalue weighted by Crippen LogP contribution is 2.23. The van der Waals surface area contributed by atoms with Crippen molar-refractivity contribution in [1.82, 2.24) is 9.88 Å². The van der Waals surface area contributed by atoms with Crippen molar-refractivity contribution in [3.63, 3.8) is 0 Å². The van der Waals surface area contributed by atoms with Crippen LogP contribution >= 0.6 is 11.3 Å². The number of carbonyl (C=O) groups excluding carboxylic acids is 1. The van der Waals surface area contributed by atoms with Crippen molar-refractivity contribution in [2.24, 2.45) is 17.6 Å². The van der Waals surface area contributed by atoms with E-state index >= 15 is 0 Å². The summed E-state index contributed by atoms with van der Waals surface area (Å²) in [4.78, 5) is 19.5. The van der Waals surface area contributed by atoms with E-state index in [1.165, 1.54) is 4.88 Å². The molecular weight excluding hydrogens is 272 g/mol. The summed E-state index contributed by atoms with van der Waals surface area (Å²) in [7, 11) is 0. The van der Waals surface area contributed by atoms with Crippen LogP contribution < -0.4 is 11.1 Å². The summed E-state index contributed by atoms with van der Waals surface area (Å²) in [6.07, 6.45) is 2.91. The number of rotatable bonds is 4. The molecule has 0 aliphatic carbocycles. The second-order valence-corrected chi connectivity index (χ2v) is 7.06. The van der Waals surface area contributed by atoms with Crippen LogP contribution in [0, 0.1) is 11.8 Å².